The Morgan fingerprint density at radius 3 is 2.47 bits per heavy atom. The molecule has 0 amide bonds. The molecule has 0 spiro atoms. The van der Waals surface area contributed by atoms with Crippen LogP contribution in [0.2, 0.25) is 0 Å². The van der Waals surface area contributed by atoms with Gasteiger partial charge in [0.25, 0.3) is 0 Å². The highest BCUT2D eigenvalue weighted by atomic mass is 79.9. The van der Waals surface area contributed by atoms with E-state index in [9.17, 15) is 0 Å². The zero-order valence-corrected chi connectivity index (χ0v) is 12.6. The van der Waals surface area contributed by atoms with E-state index >= 15 is 0 Å². The van der Waals surface area contributed by atoms with Crippen molar-refractivity contribution < 1.29 is 9.47 Å². The summed E-state index contributed by atoms with van der Waals surface area (Å²) >= 11 is 3.38. The van der Waals surface area contributed by atoms with Gasteiger partial charge in [-0.2, -0.15) is 0 Å². The predicted octanol–water partition coefficient (Wildman–Crippen LogP) is 3.63. The Kier molecular flexibility index (Phi) is 4.27. The van der Waals surface area contributed by atoms with Crippen LogP contribution < -0.4 is 14.4 Å². The highest BCUT2D eigenvalue weighted by molar-refractivity contribution is 9.10. The quantitative estimate of drug-likeness (QED) is 0.861. The van der Waals surface area contributed by atoms with Crippen LogP contribution in [0.4, 0.5) is 11.5 Å². The molecule has 19 heavy (non-hydrogen) atoms. The summed E-state index contributed by atoms with van der Waals surface area (Å²) in [4.78, 5) is 6.33. The first kappa shape index (κ1) is 13.7. The van der Waals surface area contributed by atoms with E-state index in [-0.39, 0.29) is 0 Å². The van der Waals surface area contributed by atoms with Gasteiger partial charge in [-0.1, -0.05) is 0 Å². The van der Waals surface area contributed by atoms with Gasteiger partial charge in [-0.15, -0.1) is 0 Å². The molecule has 2 rings (SSSR count). The number of anilines is 2. The van der Waals surface area contributed by atoms with Crippen LogP contribution in [-0.4, -0.2) is 26.3 Å². The molecule has 0 fully saturated rings. The third-order valence-corrected chi connectivity index (χ3v) is 3.27. The van der Waals surface area contributed by atoms with Gasteiger partial charge in [-0.05, 0) is 40.2 Å². The second-order valence-electron chi connectivity index (χ2n) is 3.93. The summed E-state index contributed by atoms with van der Waals surface area (Å²) in [5.74, 6) is 2.34. The van der Waals surface area contributed by atoms with Crippen LogP contribution in [0.3, 0.4) is 0 Å². The second kappa shape index (κ2) is 5.93. The van der Waals surface area contributed by atoms with Gasteiger partial charge in [0.1, 0.15) is 17.3 Å². The summed E-state index contributed by atoms with van der Waals surface area (Å²) in [6.07, 6.45) is 1.77. The molecule has 0 saturated carbocycles. The van der Waals surface area contributed by atoms with Crippen molar-refractivity contribution in [2.24, 2.45) is 0 Å². The minimum Gasteiger partial charge on any atom is -0.497 e. The van der Waals surface area contributed by atoms with Gasteiger partial charge >= 0.3 is 0 Å². The lowest BCUT2D eigenvalue weighted by molar-refractivity contribution is 0.395. The number of methoxy groups -OCH3 is 2. The van der Waals surface area contributed by atoms with Crippen LogP contribution in [0.15, 0.2) is 41.0 Å². The van der Waals surface area contributed by atoms with Crippen LogP contribution in [0.1, 0.15) is 0 Å². The third kappa shape index (κ3) is 2.98. The lowest BCUT2D eigenvalue weighted by Gasteiger charge is -2.21. The highest BCUT2D eigenvalue weighted by Crippen LogP contribution is 2.34. The number of pyridine rings is 1. The number of benzene rings is 1. The SMILES string of the molecule is COc1ccc(N(C)c2ccc(Br)cn2)c(OC)c1. The Morgan fingerprint density at radius 2 is 1.89 bits per heavy atom. The van der Waals surface area contributed by atoms with E-state index in [0.717, 1.165) is 27.5 Å². The lowest BCUT2D eigenvalue weighted by Crippen LogP contribution is -2.12. The van der Waals surface area contributed by atoms with Crippen molar-refractivity contribution in [3.63, 3.8) is 0 Å². The molecular formula is C14H15BrN2O2. The van der Waals surface area contributed by atoms with Crippen molar-refractivity contribution in [3.8, 4) is 11.5 Å². The maximum absolute atomic E-state index is 5.40. The molecule has 1 heterocycles. The molecule has 0 saturated heterocycles. The molecular weight excluding hydrogens is 308 g/mol. The maximum atomic E-state index is 5.40. The molecule has 5 heteroatoms. The molecule has 0 bridgehead atoms. The van der Waals surface area contributed by atoms with Crippen molar-refractivity contribution in [2.75, 3.05) is 26.2 Å². The molecule has 0 unspecified atom stereocenters. The first-order chi connectivity index (χ1) is 9.15. The van der Waals surface area contributed by atoms with Gasteiger partial charge in [0.15, 0.2) is 0 Å². The zero-order chi connectivity index (χ0) is 13.8. The molecule has 2 aromatic rings. The summed E-state index contributed by atoms with van der Waals surface area (Å²) in [6, 6.07) is 9.59. The number of hydrogen-bond acceptors (Lipinski definition) is 4. The summed E-state index contributed by atoms with van der Waals surface area (Å²) in [6.45, 7) is 0. The van der Waals surface area contributed by atoms with E-state index in [4.69, 9.17) is 9.47 Å². The Bertz CT molecular complexity index is 558. The van der Waals surface area contributed by atoms with Crippen molar-refractivity contribution in [3.05, 3.63) is 41.0 Å². The van der Waals surface area contributed by atoms with Gasteiger partial charge in [0.2, 0.25) is 0 Å². The smallest absolute Gasteiger partial charge is 0.146 e. The zero-order valence-electron chi connectivity index (χ0n) is 11.1. The van der Waals surface area contributed by atoms with E-state index in [2.05, 4.69) is 20.9 Å². The largest absolute Gasteiger partial charge is 0.497 e. The van der Waals surface area contributed by atoms with Gasteiger partial charge in [0.05, 0.1) is 19.9 Å². The average Bonchev–Trinajstić information content (AvgIpc) is 2.46. The highest BCUT2D eigenvalue weighted by Gasteiger charge is 2.12. The maximum Gasteiger partial charge on any atom is 0.146 e. The first-order valence-corrected chi connectivity index (χ1v) is 6.52. The average molecular weight is 323 g/mol. The fourth-order valence-corrected chi connectivity index (χ4v) is 1.99. The minimum absolute atomic E-state index is 0.742. The number of nitrogens with zero attached hydrogens (tertiary/aromatic N) is 2. The minimum atomic E-state index is 0.742. The van der Waals surface area contributed by atoms with Crippen LogP contribution in [0.25, 0.3) is 0 Å². The predicted molar refractivity (Wildman–Crippen MR) is 79.5 cm³/mol. The Hall–Kier alpha value is -1.75. The number of ether oxygens (including phenoxy) is 2. The third-order valence-electron chi connectivity index (χ3n) is 2.80. The molecule has 0 aliphatic rings. The number of rotatable bonds is 4. The van der Waals surface area contributed by atoms with Crippen LogP contribution >= 0.6 is 15.9 Å². The molecule has 0 aliphatic heterocycles. The number of hydrogen-bond donors (Lipinski definition) is 0. The molecule has 4 nitrogen and oxygen atoms in total. The molecule has 0 aliphatic carbocycles. The van der Waals surface area contributed by atoms with Crippen LogP contribution in [-0.2, 0) is 0 Å². The number of halogens is 1. The van der Waals surface area contributed by atoms with Gasteiger partial charge in [-0.3, -0.25) is 0 Å². The fourth-order valence-electron chi connectivity index (χ4n) is 1.75. The van der Waals surface area contributed by atoms with Crippen molar-refractivity contribution >= 4 is 27.4 Å². The Labute approximate surface area is 121 Å². The summed E-state index contributed by atoms with van der Waals surface area (Å²) in [5.41, 5.74) is 0.929. The van der Waals surface area contributed by atoms with Crippen molar-refractivity contribution in [1.29, 1.82) is 0 Å². The van der Waals surface area contributed by atoms with E-state index in [1.54, 1.807) is 20.4 Å². The Morgan fingerprint density at radius 1 is 1.11 bits per heavy atom. The lowest BCUT2D eigenvalue weighted by atomic mass is 10.2. The molecule has 0 radical (unpaired) electrons. The van der Waals surface area contributed by atoms with Gasteiger partial charge in [-0.25, -0.2) is 4.98 Å². The molecule has 100 valence electrons. The van der Waals surface area contributed by atoms with E-state index in [1.807, 2.05) is 42.3 Å². The molecule has 1 aromatic heterocycles. The van der Waals surface area contributed by atoms with Gasteiger partial charge < -0.3 is 14.4 Å². The first-order valence-electron chi connectivity index (χ1n) is 5.73. The van der Waals surface area contributed by atoms with Crippen molar-refractivity contribution in [1.82, 2.24) is 4.98 Å². The van der Waals surface area contributed by atoms with E-state index < -0.39 is 0 Å². The monoisotopic (exact) mass is 322 g/mol. The van der Waals surface area contributed by atoms with Gasteiger partial charge in [0, 0.05) is 23.8 Å². The normalized spacial score (nSPS) is 10.1. The topological polar surface area (TPSA) is 34.6 Å². The van der Waals surface area contributed by atoms with Crippen LogP contribution in [0, 0.1) is 0 Å². The van der Waals surface area contributed by atoms with Crippen molar-refractivity contribution in [2.45, 2.75) is 0 Å². The summed E-state index contributed by atoms with van der Waals surface area (Å²) in [5, 5.41) is 0. The molecule has 0 N–H and O–H groups in total. The standard InChI is InChI=1S/C14H15BrN2O2/c1-17(14-7-4-10(15)9-16-14)12-6-5-11(18-2)8-13(12)19-3/h4-9H,1-3H3. The summed E-state index contributed by atoms with van der Waals surface area (Å²) < 4.78 is 11.5. The second-order valence-corrected chi connectivity index (χ2v) is 4.85. The molecule has 0 atom stereocenters. The number of aromatic nitrogens is 1. The summed E-state index contributed by atoms with van der Waals surface area (Å²) in [7, 11) is 5.22. The molecule has 1 aromatic carbocycles. The fraction of sp³-hybridized carbons (Fsp3) is 0.214. The Balaban J connectivity index is 2.37. The van der Waals surface area contributed by atoms with E-state index in [1.165, 1.54) is 0 Å². The van der Waals surface area contributed by atoms with Crippen LogP contribution in [0.5, 0.6) is 11.5 Å². The van der Waals surface area contributed by atoms with E-state index in [0.29, 0.717) is 0 Å².